The van der Waals surface area contributed by atoms with Gasteiger partial charge in [0.25, 0.3) is 0 Å². The molecule has 3 heteroatoms. The number of aliphatic hydroxyl groups is 2. The zero-order chi connectivity index (χ0) is 7.90. The lowest BCUT2D eigenvalue weighted by Crippen LogP contribution is -2.35. The van der Waals surface area contributed by atoms with Crippen molar-refractivity contribution < 1.29 is 14.9 Å². The van der Waals surface area contributed by atoms with Crippen LogP contribution in [-0.4, -0.2) is 35.6 Å². The largest absolute Gasteiger partial charge is 0.396 e. The summed E-state index contributed by atoms with van der Waals surface area (Å²) in [6.07, 6.45) is 2.23. The van der Waals surface area contributed by atoms with Gasteiger partial charge in [0, 0.05) is 5.41 Å². The first-order valence-corrected chi connectivity index (χ1v) is 4.16. The molecule has 2 bridgehead atoms. The van der Waals surface area contributed by atoms with Crippen LogP contribution in [0.2, 0.25) is 0 Å². The van der Waals surface area contributed by atoms with Crippen molar-refractivity contribution in [3.63, 3.8) is 0 Å². The van der Waals surface area contributed by atoms with E-state index in [4.69, 9.17) is 9.84 Å². The summed E-state index contributed by atoms with van der Waals surface area (Å²) >= 11 is 0. The molecule has 2 fully saturated rings. The monoisotopic (exact) mass is 158 g/mol. The van der Waals surface area contributed by atoms with Gasteiger partial charge in [-0.15, -0.1) is 0 Å². The Labute approximate surface area is 66.0 Å². The normalized spacial score (nSPS) is 49.6. The Morgan fingerprint density at radius 1 is 1.55 bits per heavy atom. The third-order valence-corrected chi connectivity index (χ3v) is 2.97. The zero-order valence-corrected chi connectivity index (χ0v) is 6.49. The van der Waals surface area contributed by atoms with Crippen molar-refractivity contribution in [2.24, 2.45) is 5.41 Å². The third kappa shape index (κ3) is 1.08. The third-order valence-electron chi connectivity index (χ3n) is 2.97. The van der Waals surface area contributed by atoms with Crippen molar-refractivity contribution in [3.8, 4) is 0 Å². The van der Waals surface area contributed by atoms with Gasteiger partial charge in [-0.1, -0.05) is 0 Å². The molecule has 1 heterocycles. The molecule has 0 aromatic rings. The Morgan fingerprint density at radius 3 is 3.09 bits per heavy atom. The van der Waals surface area contributed by atoms with Crippen molar-refractivity contribution in [3.05, 3.63) is 0 Å². The van der Waals surface area contributed by atoms with E-state index in [1.54, 1.807) is 0 Å². The molecule has 1 aliphatic heterocycles. The molecule has 3 nitrogen and oxygen atoms in total. The second-order valence-electron chi connectivity index (χ2n) is 3.82. The SMILES string of the molecule is OCC12CCC(O)C(C1)OC2. The van der Waals surface area contributed by atoms with Gasteiger partial charge in [-0.3, -0.25) is 0 Å². The minimum atomic E-state index is -0.294. The molecule has 0 radical (unpaired) electrons. The Morgan fingerprint density at radius 2 is 2.36 bits per heavy atom. The van der Waals surface area contributed by atoms with Crippen LogP contribution in [0.4, 0.5) is 0 Å². The molecule has 1 aliphatic carbocycles. The van der Waals surface area contributed by atoms with E-state index < -0.39 is 0 Å². The van der Waals surface area contributed by atoms with Crippen molar-refractivity contribution in [2.75, 3.05) is 13.2 Å². The van der Waals surface area contributed by atoms with Crippen molar-refractivity contribution in [1.29, 1.82) is 0 Å². The van der Waals surface area contributed by atoms with E-state index in [0.29, 0.717) is 6.61 Å². The second kappa shape index (κ2) is 2.44. The van der Waals surface area contributed by atoms with Gasteiger partial charge in [-0.2, -0.15) is 0 Å². The second-order valence-corrected chi connectivity index (χ2v) is 3.82. The van der Waals surface area contributed by atoms with Gasteiger partial charge in [0.2, 0.25) is 0 Å². The Bertz CT molecular complexity index is 159. The Hall–Kier alpha value is -0.120. The van der Waals surface area contributed by atoms with Crippen LogP contribution in [0, 0.1) is 5.41 Å². The molecule has 11 heavy (non-hydrogen) atoms. The van der Waals surface area contributed by atoms with E-state index in [-0.39, 0.29) is 24.2 Å². The number of rotatable bonds is 1. The summed E-state index contributed by atoms with van der Waals surface area (Å²) in [6, 6.07) is 0. The number of hydrogen-bond donors (Lipinski definition) is 2. The van der Waals surface area contributed by atoms with Gasteiger partial charge in [-0.05, 0) is 19.3 Å². The van der Waals surface area contributed by atoms with Gasteiger partial charge in [-0.25, -0.2) is 0 Å². The molecule has 2 rings (SSSR count). The van der Waals surface area contributed by atoms with E-state index in [9.17, 15) is 5.11 Å². The molecular formula is C8H14O3. The Balaban J connectivity index is 2.10. The zero-order valence-electron chi connectivity index (χ0n) is 6.49. The molecule has 1 saturated heterocycles. The fourth-order valence-electron chi connectivity index (χ4n) is 2.08. The average molecular weight is 158 g/mol. The summed E-state index contributed by atoms with van der Waals surface area (Å²) in [6.45, 7) is 0.835. The lowest BCUT2D eigenvalue weighted by molar-refractivity contribution is -0.00478. The minimum absolute atomic E-state index is 0.00380. The summed E-state index contributed by atoms with van der Waals surface area (Å²) in [7, 11) is 0. The molecule has 64 valence electrons. The summed E-state index contributed by atoms with van der Waals surface area (Å²) in [4.78, 5) is 0. The maximum absolute atomic E-state index is 9.40. The van der Waals surface area contributed by atoms with Crippen molar-refractivity contribution in [1.82, 2.24) is 0 Å². The van der Waals surface area contributed by atoms with E-state index in [1.165, 1.54) is 0 Å². The molecule has 0 aromatic heterocycles. The minimum Gasteiger partial charge on any atom is -0.396 e. The van der Waals surface area contributed by atoms with Gasteiger partial charge in [0.15, 0.2) is 0 Å². The first kappa shape index (κ1) is 7.53. The molecule has 2 N–H and O–H groups in total. The molecule has 0 amide bonds. The Kier molecular flexibility index (Phi) is 1.67. The molecular weight excluding hydrogens is 144 g/mol. The van der Waals surface area contributed by atoms with Gasteiger partial charge in [0.1, 0.15) is 0 Å². The van der Waals surface area contributed by atoms with Crippen molar-refractivity contribution >= 4 is 0 Å². The summed E-state index contributed by atoms with van der Waals surface area (Å²) in [5.41, 5.74) is -0.0100. The quantitative estimate of drug-likeness (QED) is 0.560. The van der Waals surface area contributed by atoms with Gasteiger partial charge >= 0.3 is 0 Å². The molecule has 3 unspecified atom stereocenters. The highest BCUT2D eigenvalue weighted by Gasteiger charge is 2.46. The van der Waals surface area contributed by atoms with E-state index >= 15 is 0 Å². The topological polar surface area (TPSA) is 49.7 Å². The fourth-order valence-corrected chi connectivity index (χ4v) is 2.08. The highest BCUT2D eigenvalue weighted by Crippen LogP contribution is 2.43. The smallest absolute Gasteiger partial charge is 0.0841 e. The average Bonchev–Trinajstić information content (AvgIpc) is 2.40. The van der Waals surface area contributed by atoms with Crippen LogP contribution < -0.4 is 0 Å². The van der Waals surface area contributed by atoms with Crippen LogP contribution in [-0.2, 0) is 4.74 Å². The predicted molar refractivity (Wildman–Crippen MR) is 39.1 cm³/mol. The van der Waals surface area contributed by atoms with Crippen LogP contribution in [0.1, 0.15) is 19.3 Å². The highest BCUT2D eigenvalue weighted by atomic mass is 16.5. The number of hydrogen-bond acceptors (Lipinski definition) is 3. The predicted octanol–water partition coefficient (Wildman–Crippen LogP) is -0.0913. The maximum Gasteiger partial charge on any atom is 0.0841 e. The van der Waals surface area contributed by atoms with E-state index in [1.807, 2.05) is 0 Å². The first-order valence-electron chi connectivity index (χ1n) is 4.16. The van der Waals surface area contributed by atoms with Crippen molar-refractivity contribution in [2.45, 2.75) is 31.5 Å². The summed E-state index contributed by atoms with van der Waals surface area (Å²) in [5, 5.41) is 18.5. The lowest BCUT2D eigenvalue weighted by atomic mass is 9.75. The first-order chi connectivity index (χ1) is 5.26. The van der Waals surface area contributed by atoms with Gasteiger partial charge < -0.3 is 14.9 Å². The number of ether oxygens (including phenoxy) is 1. The summed E-state index contributed by atoms with van der Waals surface area (Å²) in [5.74, 6) is 0. The fraction of sp³-hybridized carbons (Fsp3) is 1.00. The van der Waals surface area contributed by atoms with Gasteiger partial charge in [0.05, 0.1) is 25.4 Å². The van der Waals surface area contributed by atoms with Crippen LogP contribution >= 0.6 is 0 Å². The maximum atomic E-state index is 9.40. The highest BCUT2D eigenvalue weighted by molar-refractivity contribution is 4.95. The molecule has 0 spiro atoms. The lowest BCUT2D eigenvalue weighted by Gasteiger charge is -2.31. The van der Waals surface area contributed by atoms with E-state index in [2.05, 4.69) is 0 Å². The van der Waals surface area contributed by atoms with E-state index in [0.717, 1.165) is 19.3 Å². The molecule has 1 saturated carbocycles. The molecule has 2 aliphatic rings. The van der Waals surface area contributed by atoms with Crippen LogP contribution in [0.3, 0.4) is 0 Å². The summed E-state index contributed by atoms with van der Waals surface area (Å²) < 4.78 is 5.37. The number of aliphatic hydroxyl groups excluding tert-OH is 2. The van der Waals surface area contributed by atoms with Crippen LogP contribution in [0.5, 0.6) is 0 Å². The molecule has 0 aromatic carbocycles. The molecule has 3 atom stereocenters. The van der Waals surface area contributed by atoms with Crippen LogP contribution in [0.15, 0.2) is 0 Å². The number of fused-ring (bicyclic) bond motifs is 2. The van der Waals surface area contributed by atoms with Crippen LogP contribution in [0.25, 0.3) is 0 Å². The standard InChI is InChI=1S/C8H14O3/c9-4-8-2-1-6(10)7(3-8)11-5-8/h6-7,9-10H,1-5H2.